The van der Waals surface area contributed by atoms with Crippen molar-refractivity contribution in [3.8, 4) is 11.1 Å². The van der Waals surface area contributed by atoms with Gasteiger partial charge in [-0.05, 0) is 97.3 Å². The van der Waals surface area contributed by atoms with E-state index in [4.69, 9.17) is 4.74 Å². The van der Waals surface area contributed by atoms with Crippen molar-refractivity contribution in [3.63, 3.8) is 0 Å². The van der Waals surface area contributed by atoms with E-state index in [1.54, 1.807) is 6.08 Å². The van der Waals surface area contributed by atoms with Crippen LogP contribution in [0.3, 0.4) is 0 Å². The Morgan fingerprint density at radius 2 is 1.26 bits per heavy atom. The third kappa shape index (κ3) is 5.77. The van der Waals surface area contributed by atoms with Gasteiger partial charge in [0, 0.05) is 0 Å². The topological polar surface area (TPSA) is 9.23 Å². The molecule has 1 nitrogen and oxygen atoms in total. The molecule has 0 aliphatic heterocycles. The highest BCUT2D eigenvalue weighted by molar-refractivity contribution is 5.64. The van der Waals surface area contributed by atoms with Crippen molar-refractivity contribution in [3.05, 3.63) is 85.0 Å². The summed E-state index contributed by atoms with van der Waals surface area (Å²) >= 11 is 0. The molecule has 4 rings (SSSR count). The molecule has 0 aromatic heterocycles. The summed E-state index contributed by atoms with van der Waals surface area (Å²) in [5, 5.41) is 0. The van der Waals surface area contributed by atoms with Gasteiger partial charge in [-0.25, -0.2) is 0 Å². The van der Waals surface area contributed by atoms with Gasteiger partial charge in [-0.2, -0.15) is 0 Å². The first-order valence-electron chi connectivity index (χ1n) is 12.3. The number of ether oxygens (including phenoxy) is 1. The molecule has 2 saturated carbocycles. The molecule has 0 N–H and O–H groups in total. The van der Waals surface area contributed by atoms with E-state index in [0.717, 1.165) is 23.7 Å². The standard InChI is InChI=1S/C30H38O/c1-3-21-31-22-24-7-11-26(12-8-24)28-15-19-30(20-16-28)29-17-13-27(14-18-29)25-9-5-23(4-2)6-10-25/h3-4,7-8,11-12,15-16,19-20,23,25,27,29H,1-2,5-6,9-10,13-14,17-18,21-22H2/t23-,25-,27?,29?. The third-order valence-electron chi connectivity index (χ3n) is 7.76. The Labute approximate surface area is 189 Å². The molecule has 2 fully saturated rings. The first-order chi connectivity index (χ1) is 15.3. The summed E-state index contributed by atoms with van der Waals surface area (Å²) in [6, 6.07) is 18.1. The molecule has 0 unspecified atom stereocenters. The lowest BCUT2D eigenvalue weighted by atomic mass is 9.68. The third-order valence-corrected chi connectivity index (χ3v) is 7.76. The van der Waals surface area contributed by atoms with Gasteiger partial charge in [0.05, 0.1) is 13.2 Å². The predicted octanol–water partition coefficient (Wildman–Crippen LogP) is 8.32. The molecule has 2 aromatic rings. The summed E-state index contributed by atoms with van der Waals surface area (Å²) < 4.78 is 5.53. The maximum atomic E-state index is 5.53. The van der Waals surface area contributed by atoms with Crippen LogP contribution in [0.2, 0.25) is 0 Å². The number of benzene rings is 2. The Kier molecular flexibility index (Phi) is 7.81. The van der Waals surface area contributed by atoms with Crippen LogP contribution in [0.4, 0.5) is 0 Å². The highest BCUT2D eigenvalue weighted by Gasteiger charge is 2.30. The lowest BCUT2D eigenvalue weighted by Gasteiger charge is -2.37. The fourth-order valence-corrected chi connectivity index (χ4v) is 5.78. The van der Waals surface area contributed by atoms with Crippen molar-refractivity contribution < 1.29 is 4.74 Å². The smallest absolute Gasteiger partial charge is 0.0721 e. The molecule has 2 aliphatic rings. The molecular formula is C30H38O. The molecule has 2 aromatic carbocycles. The Bertz CT molecular complexity index is 816. The van der Waals surface area contributed by atoms with Crippen molar-refractivity contribution in [2.45, 2.75) is 63.9 Å². The largest absolute Gasteiger partial charge is 0.373 e. The Balaban J connectivity index is 1.29. The normalized spacial score (nSPS) is 26.3. The van der Waals surface area contributed by atoms with Crippen molar-refractivity contribution in [1.29, 1.82) is 0 Å². The molecule has 31 heavy (non-hydrogen) atoms. The molecule has 164 valence electrons. The highest BCUT2D eigenvalue weighted by Crippen LogP contribution is 2.44. The summed E-state index contributed by atoms with van der Waals surface area (Å²) in [4.78, 5) is 0. The van der Waals surface area contributed by atoms with Gasteiger partial charge in [-0.15, -0.1) is 13.2 Å². The second kappa shape index (κ2) is 11.0. The fraction of sp³-hybridized carbons (Fsp3) is 0.467. The summed E-state index contributed by atoms with van der Waals surface area (Å²) in [6.07, 6.45) is 15.2. The van der Waals surface area contributed by atoms with Crippen LogP contribution in [-0.2, 0) is 11.3 Å². The van der Waals surface area contributed by atoms with Gasteiger partial charge in [0.2, 0.25) is 0 Å². The molecule has 0 atom stereocenters. The lowest BCUT2D eigenvalue weighted by Crippen LogP contribution is -2.25. The maximum Gasteiger partial charge on any atom is 0.0721 e. The SMILES string of the molecule is C=CCOCc1ccc(-c2ccc(C3CCC([C@H]4CC[C@H](C=C)CC4)CC3)cc2)cc1. The summed E-state index contributed by atoms with van der Waals surface area (Å²) in [5.41, 5.74) is 5.32. The van der Waals surface area contributed by atoms with Gasteiger partial charge in [0.25, 0.3) is 0 Å². The molecule has 0 saturated heterocycles. The van der Waals surface area contributed by atoms with Gasteiger partial charge >= 0.3 is 0 Å². The minimum atomic E-state index is 0.599. The molecule has 1 heteroatoms. The van der Waals surface area contributed by atoms with Crippen LogP contribution in [0.5, 0.6) is 0 Å². The summed E-state index contributed by atoms with van der Waals surface area (Å²) in [5.74, 6) is 3.48. The van der Waals surface area contributed by atoms with E-state index in [9.17, 15) is 0 Å². The van der Waals surface area contributed by atoms with Gasteiger partial charge in [0.15, 0.2) is 0 Å². The Morgan fingerprint density at radius 3 is 1.81 bits per heavy atom. The molecule has 0 radical (unpaired) electrons. The Morgan fingerprint density at radius 1 is 0.710 bits per heavy atom. The summed E-state index contributed by atoms with van der Waals surface area (Å²) in [7, 11) is 0. The summed E-state index contributed by atoms with van der Waals surface area (Å²) in [6.45, 7) is 8.93. The number of hydrogen-bond donors (Lipinski definition) is 0. The van der Waals surface area contributed by atoms with E-state index < -0.39 is 0 Å². The number of hydrogen-bond acceptors (Lipinski definition) is 1. The van der Waals surface area contributed by atoms with Crippen molar-refractivity contribution in [1.82, 2.24) is 0 Å². The van der Waals surface area contributed by atoms with Crippen LogP contribution in [0.1, 0.15) is 68.4 Å². The maximum absolute atomic E-state index is 5.53. The van der Waals surface area contributed by atoms with Crippen LogP contribution in [0, 0.1) is 17.8 Å². The fourth-order valence-electron chi connectivity index (χ4n) is 5.78. The van der Waals surface area contributed by atoms with Crippen molar-refractivity contribution >= 4 is 0 Å². The molecule has 0 amide bonds. The van der Waals surface area contributed by atoms with Crippen LogP contribution >= 0.6 is 0 Å². The number of allylic oxidation sites excluding steroid dienone is 1. The zero-order valence-corrected chi connectivity index (χ0v) is 19.0. The highest BCUT2D eigenvalue weighted by atomic mass is 16.5. The van der Waals surface area contributed by atoms with Crippen LogP contribution in [0.15, 0.2) is 73.8 Å². The molecular weight excluding hydrogens is 376 g/mol. The second-order valence-electron chi connectivity index (χ2n) is 9.65. The van der Waals surface area contributed by atoms with Gasteiger partial charge in [-0.1, -0.05) is 60.7 Å². The van der Waals surface area contributed by atoms with Crippen molar-refractivity contribution in [2.24, 2.45) is 17.8 Å². The molecule has 0 spiro atoms. The van der Waals surface area contributed by atoms with Crippen LogP contribution in [-0.4, -0.2) is 6.61 Å². The quantitative estimate of drug-likeness (QED) is 0.312. The molecule has 2 aliphatic carbocycles. The first-order valence-corrected chi connectivity index (χ1v) is 12.3. The zero-order chi connectivity index (χ0) is 21.5. The van der Waals surface area contributed by atoms with Gasteiger partial charge in [-0.3, -0.25) is 0 Å². The van der Waals surface area contributed by atoms with E-state index in [1.807, 2.05) is 0 Å². The number of rotatable bonds is 8. The van der Waals surface area contributed by atoms with Crippen LogP contribution in [0.25, 0.3) is 11.1 Å². The average molecular weight is 415 g/mol. The lowest BCUT2D eigenvalue weighted by molar-refractivity contribution is 0.149. The van der Waals surface area contributed by atoms with E-state index in [-0.39, 0.29) is 0 Å². The first kappa shape index (κ1) is 22.1. The zero-order valence-electron chi connectivity index (χ0n) is 19.0. The van der Waals surface area contributed by atoms with E-state index in [0.29, 0.717) is 13.2 Å². The second-order valence-corrected chi connectivity index (χ2v) is 9.65. The van der Waals surface area contributed by atoms with Gasteiger partial charge in [0.1, 0.15) is 0 Å². The molecule has 0 bridgehead atoms. The average Bonchev–Trinajstić information content (AvgIpc) is 2.85. The van der Waals surface area contributed by atoms with Crippen LogP contribution < -0.4 is 0 Å². The molecule has 0 heterocycles. The van der Waals surface area contributed by atoms with Gasteiger partial charge < -0.3 is 4.74 Å². The Hall–Kier alpha value is -2.12. The van der Waals surface area contributed by atoms with E-state index in [1.165, 1.54) is 73.6 Å². The van der Waals surface area contributed by atoms with E-state index in [2.05, 4.69) is 67.8 Å². The minimum Gasteiger partial charge on any atom is -0.373 e. The van der Waals surface area contributed by atoms with E-state index >= 15 is 0 Å². The predicted molar refractivity (Wildman–Crippen MR) is 132 cm³/mol. The van der Waals surface area contributed by atoms with Crippen molar-refractivity contribution in [2.75, 3.05) is 6.61 Å². The minimum absolute atomic E-state index is 0.599. The monoisotopic (exact) mass is 414 g/mol.